The lowest BCUT2D eigenvalue weighted by Gasteiger charge is -2.06. The van der Waals surface area contributed by atoms with Crippen molar-refractivity contribution in [2.75, 3.05) is 0 Å². The van der Waals surface area contributed by atoms with E-state index in [-0.39, 0.29) is 25.2 Å². The lowest BCUT2D eigenvalue weighted by molar-refractivity contribution is -0.148. The molecule has 7 nitrogen and oxygen atoms in total. The van der Waals surface area contributed by atoms with Gasteiger partial charge in [0.15, 0.2) is 13.0 Å². The highest BCUT2D eigenvalue weighted by atomic mass is 32.1. The van der Waals surface area contributed by atoms with Crippen LogP contribution in [0.2, 0.25) is 0 Å². The second-order valence-electron chi connectivity index (χ2n) is 4.29. The normalized spacial score (nSPS) is 12.1. The Morgan fingerprint density at radius 3 is 3.10 bits per heavy atom. The molecule has 2 N–H and O–H groups in total. The number of rotatable bonds is 6. The summed E-state index contributed by atoms with van der Waals surface area (Å²) in [5.74, 6) is -0.366. The molecule has 0 saturated carbocycles. The van der Waals surface area contributed by atoms with Crippen LogP contribution in [0.5, 0.6) is 0 Å². The molecule has 1 atom stereocenters. The average Bonchev–Trinajstić information content (AvgIpc) is 3.04. The Morgan fingerprint density at radius 2 is 2.45 bits per heavy atom. The SMILES string of the molecule is CC(N)CC(=O)OCn1cc(-c2nc(C=O)cs2)cn1. The smallest absolute Gasteiger partial charge is 0.309 e. The fourth-order valence-electron chi connectivity index (χ4n) is 1.48. The Kier molecular flexibility index (Phi) is 4.59. The van der Waals surface area contributed by atoms with Crippen LogP contribution in [-0.4, -0.2) is 33.1 Å². The van der Waals surface area contributed by atoms with Crippen molar-refractivity contribution in [3.63, 3.8) is 0 Å². The van der Waals surface area contributed by atoms with Gasteiger partial charge in [0.1, 0.15) is 10.7 Å². The van der Waals surface area contributed by atoms with Gasteiger partial charge in [0.2, 0.25) is 0 Å². The third kappa shape index (κ3) is 3.72. The zero-order valence-electron chi connectivity index (χ0n) is 10.9. The van der Waals surface area contributed by atoms with Crippen LogP contribution in [-0.2, 0) is 16.3 Å². The average molecular weight is 294 g/mol. The lowest BCUT2D eigenvalue weighted by atomic mass is 10.3. The predicted molar refractivity (Wildman–Crippen MR) is 73.1 cm³/mol. The predicted octanol–water partition coefficient (Wildman–Crippen LogP) is 1.06. The molecule has 0 saturated heterocycles. The maximum atomic E-state index is 11.4. The monoisotopic (exact) mass is 294 g/mol. The number of hydrogen-bond acceptors (Lipinski definition) is 7. The van der Waals surface area contributed by atoms with Gasteiger partial charge in [-0.05, 0) is 6.92 Å². The summed E-state index contributed by atoms with van der Waals surface area (Å²) >= 11 is 1.35. The van der Waals surface area contributed by atoms with E-state index in [1.807, 2.05) is 0 Å². The number of aromatic nitrogens is 3. The van der Waals surface area contributed by atoms with E-state index < -0.39 is 0 Å². The summed E-state index contributed by atoms with van der Waals surface area (Å²) in [5, 5.41) is 6.43. The number of carbonyl (C=O) groups excluding carboxylic acids is 2. The minimum atomic E-state index is -0.366. The maximum absolute atomic E-state index is 11.4. The molecule has 0 amide bonds. The van der Waals surface area contributed by atoms with Gasteiger partial charge < -0.3 is 10.5 Å². The van der Waals surface area contributed by atoms with E-state index in [1.165, 1.54) is 16.0 Å². The topological polar surface area (TPSA) is 100 Å². The molecule has 8 heteroatoms. The van der Waals surface area contributed by atoms with Crippen molar-refractivity contribution in [1.29, 1.82) is 0 Å². The first-order chi connectivity index (χ1) is 9.58. The molecule has 2 rings (SSSR count). The molecular weight excluding hydrogens is 280 g/mol. The molecule has 0 aliphatic rings. The first-order valence-corrected chi connectivity index (χ1v) is 6.81. The molecule has 0 aliphatic heterocycles. The van der Waals surface area contributed by atoms with Gasteiger partial charge in [-0.15, -0.1) is 11.3 Å². The second kappa shape index (κ2) is 6.40. The highest BCUT2D eigenvalue weighted by Crippen LogP contribution is 2.22. The summed E-state index contributed by atoms with van der Waals surface area (Å²) in [6.45, 7) is 1.76. The van der Waals surface area contributed by atoms with E-state index in [0.29, 0.717) is 17.0 Å². The van der Waals surface area contributed by atoms with E-state index in [4.69, 9.17) is 10.5 Å². The van der Waals surface area contributed by atoms with Crippen LogP contribution in [0.25, 0.3) is 10.6 Å². The number of aldehydes is 1. The summed E-state index contributed by atoms with van der Waals surface area (Å²) in [7, 11) is 0. The number of nitrogens with two attached hydrogens (primary N) is 1. The van der Waals surface area contributed by atoms with Crippen LogP contribution in [0.1, 0.15) is 23.8 Å². The summed E-state index contributed by atoms with van der Waals surface area (Å²) in [5.41, 5.74) is 6.66. The molecule has 0 radical (unpaired) electrons. The fourth-order valence-corrected chi connectivity index (χ4v) is 2.22. The molecule has 2 aromatic rings. The van der Waals surface area contributed by atoms with Crippen molar-refractivity contribution in [3.05, 3.63) is 23.5 Å². The quantitative estimate of drug-likeness (QED) is 0.631. The molecule has 0 fully saturated rings. The Balaban J connectivity index is 1.95. The molecule has 0 spiro atoms. The van der Waals surface area contributed by atoms with Crippen LogP contribution < -0.4 is 5.73 Å². The molecule has 106 valence electrons. The van der Waals surface area contributed by atoms with Crippen LogP contribution >= 0.6 is 11.3 Å². The molecule has 20 heavy (non-hydrogen) atoms. The molecule has 0 bridgehead atoms. The van der Waals surface area contributed by atoms with Gasteiger partial charge in [0, 0.05) is 23.2 Å². The number of hydrogen-bond donors (Lipinski definition) is 1. The van der Waals surface area contributed by atoms with Crippen molar-refractivity contribution in [2.45, 2.75) is 26.1 Å². The Morgan fingerprint density at radius 1 is 1.65 bits per heavy atom. The van der Waals surface area contributed by atoms with Crippen molar-refractivity contribution in [3.8, 4) is 10.6 Å². The van der Waals surface area contributed by atoms with Crippen LogP contribution in [0.4, 0.5) is 0 Å². The summed E-state index contributed by atoms with van der Waals surface area (Å²) in [6, 6.07) is -0.229. The van der Waals surface area contributed by atoms with E-state index in [1.54, 1.807) is 24.7 Å². The minimum Gasteiger partial charge on any atom is -0.442 e. The van der Waals surface area contributed by atoms with Crippen molar-refractivity contribution >= 4 is 23.6 Å². The van der Waals surface area contributed by atoms with Crippen LogP contribution in [0.3, 0.4) is 0 Å². The molecule has 0 aliphatic carbocycles. The lowest BCUT2D eigenvalue weighted by Crippen LogP contribution is -2.21. The van der Waals surface area contributed by atoms with Gasteiger partial charge in [-0.2, -0.15) is 5.10 Å². The van der Waals surface area contributed by atoms with Crippen molar-refractivity contribution < 1.29 is 14.3 Å². The van der Waals surface area contributed by atoms with Gasteiger partial charge in [-0.1, -0.05) is 0 Å². The summed E-state index contributed by atoms with van der Waals surface area (Å²) in [6.07, 6.45) is 4.17. The number of ether oxygens (including phenoxy) is 1. The molecular formula is C12H14N4O3S. The molecule has 1 unspecified atom stereocenters. The van der Waals surface area contributed by atoms with Gasteiger partial charge >= 0.3 is 5.97 Å². The second-order valence-corrected chi connectivity index (χ2v) is 5.15. The van der Waals surface area contributed by atoms with Gasteiger partial charge in [-0.3, -0.25) is 9.59 Å². The number of thiazole rings is 1. The highest BCUT2D eigenvalue weighted by molar-refractivity contribution is 7.13. The highest BCUT2D eigenvalue weighted by Gasteiger charge is 2.09. The standard InChI is InChI=1S/C12H14N4O3S/c1-8(13)2-11(18)19-7-16-4-9(3-14-16)12-15-10(5-17)6-20-12/h3-6,8H,2,7,13H2,1H3. The first-order valence-electron chi connectivity index (χ1n) is 5.93. The zero-order chi connectivity index (χ0) is 14.5. The van der Waals surface area contributed by atoms with Crippen molar-refractivity contribution in [2.24, 2.45) is 5.73 Å². The third-order valence-corrected chi connectivity index (χ3v) is 3.28. The minimum absolute atomic E-state index is 0.0253. The largest absolute Gasteiger partial charge is 0.442 e. The number of esters is 1. The van der Waals surface area contributed by atoms with Crippen molar-refractivity contribution in [1.82, 2.24) is 14.8 Å². The van der Waals surface area contributed by atoms with Crippen LogP contribution in [0, 0.1) is 0 Å². The van der Waals surface area contributed by atoms with E-state index in [9.17, 15) is 9.59 Å². The van der Waals surface area contributed by atoms with E-state index in [0.717, 1.165) is 5.56 Å². The molecule has 2 heterocycles. The fraction of sp³-hybridized carbons (Fsp3) is 0.333. The number of nitrogens with zero attached hydrogens (tertiary/aromatic N) is 3. The third-order valence-electron chi connectivity index (χ3n) is 2.37. The summed E-state index contributed by atoms with van der Waals surface area (Å²) in [4.78, 5) is 26.1. The molecule has 0 aromatic carbocycles. The van der Waals surface area contributed by atoms with E-state index in [2.05, 4.69) is 10.1 Å². The number of carbonyl (C=O) groups is 2. The van der Waals surface area contributed by atoms with E-state index >= 15 is 0 Å². The molecule has 2 aromatic heterocycles. The van der Waals surface area contributed by atoms with Crippen LogP contribution in [0.15, 0.2) is 17.8 Å². The zero-order valence-corrected chi connectivity index (χ0v) is 11.7. The Bertz CT molecular complexity index is 605. The van der Waals surface area contributed by atoms with Gasteiger partial charge in [-0.25, -0.2) is 9.67 Å². The van der Waals surface area contributed by atoms with Gasteiger partial charge in [0.25, 0.3) is 0 Å². The Labute approximate surface area is 119 Å². The first kappa shape index (κ1) is 14.4. The summed E-state index contributed by atoms with van der Waals surface area (Å²) < 4.78 is 6.51. The van der Waals surface area contributed by atoms with Gasteiger partial charge in [0.05, 0.1) is 12.6 Å². The maximum Gasteiger partial charge on any atom is 0.309 e. The Hall–Kier alpha value is -2.06.